The maximum absolute atomic E-state index is 13.1. The standard InChI is InChI=1S/C31H33N7O3.C26H25N7O/c1-18-10-28(36-30(40)41-31(3,4)5)35-19(2)24(18)15-34-29(39)25-17-38(37-27(25)13-32)16-20-6-9-26-22(11-20)12-23(14-33-26)21-7-8-21;1-15-7-25(28)31-16(2)21(15)12-30-26(34)22-14-33(32-24(22)10-27)13-17-3-6-23-19(8-17)9-20(11-29-23)18-4-5-18/h6,9-12,14,17,21H,7-8,15-16H2,1-5H3,(H,34,39)(H,35,36,40);3,6-9,11,14,18H,4-5,12-13H2,1-2H3,(H2,28,31)(H,30,34). The molecule has 0 atom stereocenters. The number of nitrogens with two attached hydrogens (primary N) is 1. The van der Waals surface area contributed by atoms with Crippen LogP contribution in [-0.2, 0) is 30.9 Å². The lowest BCUT2D eigenvalue weighted by molar-refractivity contribution is 0.0634. The molecule has 6 aromatic heterocycles. The number of nitriles is 2. The summed E-state index contributed by atoms with van der Waals surface area (Å²) in [4.78, 5) is 55.9. The third kappa shape index (κ3) is 12.4. The first-order chi connectivity index (χ1) is 35.9. The third-order valence-electron chi connectivity index (χ3n) is 13.2. The maximum atomic E-state index is 13.1. The Balaban J connectivity index is 0.000000187. The van der Waals surface area contributed by atoms with Gasteiger partial charge in [-0.05, 0) is 179 Å². The summed E-state index contributed by atoms with van der Waals surface area (Å²) in [5.74, 6) is 1.32. The molecule has 0 saturated heterocycles. The molecule has 380 valence electrons. The molecule has 0 bridgehead atoms. The van der Waals surface area contributed by atoms with Gasteiger partial charge in [-0.1, -0.05) is 12.1 Å². The van der Waals surface area contributed by atoms with Crippen molar-refractivity contribution in [2.75, 3.05) is 11.1 Å². The highest BCUT2D eigenvalue weighted by Crippen LogP contribution is 2.41. The average Bonchev–Trinajstić information content (AvgIpc) is 4.30. The molecule has 2 fully saturated rings. The van der Waals surface area contributed by atoms with Gasteiger partial charge in [0, 0.05) is 60.0 Å². The van der Waals surface area contributed by atoms with Crippen LogP contribution >= 0.6 is 0 Å². The lowest BCUT2D eigenvalue weighted by Crippen LogP contribution is -2.28. The van der Waals surface area contributed by atoms with E-state index in [4.69, 9.17) is 10.5 Å². The molecule has 5 N–H and O–H groups in total. The van der Waals surface area contributed by atoms with Crippen molar-refractivity contribution >= 4 is 51.3 Å². The number of pyridine rings is 4. The average molecular weight is 1000 g/mol. The van der Waals surface area contributed by atoms with E-state index >= 15 is 0 Å². The molecule has 3 amide bonds. The Morgan fingerprint density at radius 3 is 1.57 bits per heavy atom. The van der Waals surface area contributed by atoms with Gasteiger partial charge in [-0.25, -0.2) is 14.8 Å². The summed E-state index contributed by atoms with van der Waals surface area (Å²) in [5.41, 5.74) is 17.2. The van der Waals surface area contributed by atoms with Crippen molar-refractivity contribution in [3.05, 3.63) is 164 Å². The van der Waals surface area contributed by atoms with Gasteiger partial charge in [0.1, 0.15) is 29.4 Å². The SMILES string of the molecule is Cc1cc(N)nc(C)c1CNC(=O)c1cn(Cc2ccc3ncc(C4CC4)cc3c2)nc1C#N.Cc1cc(NC(=O)OC(C)(C)C)nc(C)c1CNC(=O)c1cn(Cc2ccc3ncc(C4CC4)cc3c2)nc1C#N. The highest BCUT2D eigenvalue weighted by Gasteiger charge is 2.26. The number of rotatable bonds is 13. The van der Waals surface area contributed by atoms with E-state index in [0.29, 0.717) is 48.8 Å². The van der Waals surface area contributed by atoms with Crippen molar-refractivity contribution in [2.24, 2.45) is 0 Å². The number of amides is 3. The normalized spacial score (nSPS) is 13.1. The minimum Gasteiger partial charge on any atom is -0.444 e. The van der Waals surface area contributed by atoms with Crippen LogP contribution in [0.5, 0.6) is 0 Å². The van der Waals surface area contributed by atoms with E-state index in [1.165, 1.54) is 36.8 Å². The van der Waals surface area contributed by atoms with Gasteiger partial charge >= 0.3 is 6.09 Å². The van der Waals surface area contributed by atoms with E-state index in [1.807, 2.05) is 69.6 Å². The lowest BCUT2D eigenvalue weighted by atomic mass is 10.1. The first-order valence-corrected chi connectivity index (χ1v) is 24.9. The van der Waals surface area contributed by atoms with Crippen LogP contribution in [0.15, 0.2) is 85.5 Å². The van der Waals surface area contributed by atoms with Gasteiger partial charge < -0.3 is 21.1 Å². The Hall–Kier alpha value is -9.03. The van der Waals surface area contributed by atoms with E-state index in [1.54, 1.807) is 61.6 Å². The van der Waals surface area contributed by atoms with Gasteiger partial charge in [-0.3, -0.25) is 34.2 Å². The number of nitrogen functional groups attached to an aromatic ring is 1. The van der Waals surface area contributed by atoms with E-state index < -0.39 is 17.6 Å². The number of fused-ring (bicyclic) bond motifs is 2. The lowest BCUT2D eigenvalue weighted by Gasteiger charge is -2.20. The van der Waals surface area contributed by atoms with E-state index in [0.717, 1.165) is 60.9 Å². The number of carbonyl (C=O) groups is 3. The van der Waals surface area contributed by atoms with Crippen LogP contribution in [0.4, 0.5) is 16.4 Å². The van der Waals surface area contributed by atoms with Crippen molar-refractivity contribution in [3.63, 3.8) is 0 Å². The molecule has 2 aliphatic carbocycles. The van der Waals surface area contributed by atoms with Gasteiger partial charge in [-0.15, -0.1) is 0 Å². The van der Waals surface area contributed by atoms with Gasteiger partial charge in [0.05, 0.1) is 35.2 Å². The molecule has 2 aliphatic rings. The van der Waals surface area contributed by atoms with Crippen molar-refractivity contribution in [2.45, 2.75) is 118 Å². The summed E-state index contributed by atoms with van der Waals surface area (Å²) in [6.07, 6.45) is 11.5. The number of benzene rings is 2. The van der Waals surface area contributed by atoms with Gasteiger partial charge in [0.15, 0.2) is 11.4 Å². The van der Waals surface area contributed by atoms with E-state index in [2.05, 4.69) is 70.3 Å². The molecule has 0 unspecified atom stereocenters. The van der Waals surface area contributed by atoms with E-state index in [-0.39, 0.29) is 35.0 Å². The highest BCUT2D eigenvalue weighted by atomic mass is 16.6. The van der Waals surface area contributed by atoms with Crippen LogP contribution < -0.4 is 21.7 Å². The molecule has 18 nitrogen and oxygen atoms in total. The number of aromatic nitrogens is 8. The third-order valence-corrected chi connectivity index (χ3v) is 13.2. The first kappa shape index (κ1) is 50.9. The first-order valence-electron chi connectivity index (χ1n) is 24.9. The second-order valence-corrected chi connectivity index (χ2v) is 20.4. The zero-order valence-corrected chi connectivity index (χ0v) is 43.1. The van der Waals surface area contributed by atoms with Crippen molar-refractivity contribution < 1.29 is 19.1 Å². The second-order valence-electron chi connectivity index (χ2n) is 20.4. The molecule has 2 aromatic carbocycles. The molecule has 75 heavy (non-hydrogen) atoms. The molecule has 8 aromatic rings. The van der Waals surface area contributed by atoms with Gasteiger partial charge in [0.25, 0.3) is 11.8 Å². The van der Waals surface area contributed by atoms with Crippen LogP contribution in [0.2, 0.25) is 0 Å². The number of hydrogen-bond donors (Lipinski definition) is 4. The zero-order chi connectivity index (χ0) is 53.1. The van der Waals surface area contributed by atoms with Crippen LogP contribution in [-0.4, -0.2) is 63.0 Å². The minimum absolute atomic E-state index is 0.0597. The summed E-state index contributed by atoms with van der Waals surface area (Å²) in [6.45, 7) is 14.2. The summed E-state index contributed by atoms with van der Waals surface area (Å²) in [7, 11) is 0. The predicted octanol–water partition coefficient (Wildman–Crippen LogP) is 9.27. The van der Waals surface area contributed by atoms with Crippen molar-refractivity contribution in [3.8, 4) is 12.1 Å². The van der Waals surface area contributed by atoms with Crippen LogP contribution in [0.1, 0.15) is 146 Å². The van der Waals surface area contributed by atoms with Crippen LogP contribution in [0, 0.1) is 50.4 Å². The Labute approximate surface area is 434 Å². The molecular weight excluding hydrogens is 945 g/mol. The second kappa shape index (κ2) is 21.2. The van der Waals surface area contributed by atoms with E-state index in [9.17, 15) is 24.9 Å². The van der Waals surface area contributed by atoms with Crippen LogP contribution in [0.3, 0.4) is 0 Å². The Bertz CT molecular complexity index is 3580. The summed E-state index contributed by atoms with van der Waals surface area (Å²) < 4.78 is 8.54. The predicted molar refractivity (Wildman–Crippen MR) is 284 cm³/mol. The minimum atomic E-state index is -0.624. The summed E-state index contributed by atoms with van der Waals surface area (Å²) in [6, 6.07) is 24.1. The summed E-state index contributed by atoms with van der Waals surface area (Å²) in [5, 5.41) is 38.5. The number of hydrogen-bond acceptors (Lipinski definition) is 13. The fraction of sp³-hybridized carbons (Fsp3) is 0.316. The van der Waals surface area contributed by atoms with Crippen LogP contribution in [0.25, 0.3) is 21.8 Å². The molecule has 0 spiro atoms. The Kier molecular flexibility index (Phi) is 14.4. The molecule has 0 radical (unpaired) electrons. The molecule has 18 heteroatoms. The number of aryl methyl sites for hydroxylation is 4. The maximum Gasteiger partial charge on any atom is 0.413 e. The smallest absolute Gasteiger partial charge is 0.413 e. The highest BCUT2D eigenvalue weighted by molar-refractivity contribution is 5.96. The largest absolute Gasteiger partial charge is 0.444 e. The quantitative estimate of drug-likeness (QED) is 0.0841. The van der Waals surface area contributed by atoms with Gasteiger partial charge in [-0.2, -0.15) is 20.7 Å². The number of nitrogens with one attached hydrogen (secondary N) is 3. The Morgan fingerprint density at radius 2 is 1.15 bits per heavy atom. The Morgan fingerprint density at radius 1 is 0.680 bits per heavy atom. The van der Waals surface area contributed by atoms with Gasteiger partial charge in [0.2, 0.25) is 0 Å². The van der Waals surface area contributed by atoms with Crippen molar-refractivity contribution in [1.29, 1.82) is 10.5 Å². The zero-order valence-electron chi connectivity index (χ0n) is 43.1. The molecule has 10 rings (SSSR count). The fourth-order valence-corrected chi connectivity index (χ4v) is 9.03. The fourth-order valence-electron chi connectivity index (χ4n) is 9.03. The molecule has 6 heterocycles. The number of ether oxygens (including phenoxy) is 1. The summed E-state index contributed by atoms with van der Waals surface area (Å²) >= 11 is 0. The number of carbonyl (C=O) groups excluding carboxylic acids is 3. The monoisotopic (exact) mass is 1000 g/mol. The molecular formula is C57H58N14O4. The number of anilines is 2. The number of nitrogens with zero attached hydrogens (tertiary/aromatic N) is 10. The van der Waals surface area contributed by atoms with Crippen molar-refractivity contribution in [1.82, 2.24) is 50.1 Å². The topological polar surface area (TPSA) is 257 Å². The molecule has 0 aliphatic heterocycles. The molecule has 2 saturated carbocycles.